The van der Waals surface area contributed by atoms with Crippen LogP contribution in [0.2, 0.25) is 5.02 Å². The predicted octanol–water partition coefficient (Wildman–Crippen LogP) is 1.32. The van der Waals surface area contributed by atoms with Gasteiger partial charge in [-0.2, -0.15) is 13.5 Å². The second kappa shape index (κ2) is 4.97. The fraction of sp³-hybridized carbons (Fsp3) is 0.100. The summed E-state index contributed by atoms with van der Waals surface area (Å²) in [6.07, 6.45) is 1.38. The number of hydrogen-bond donors (Lipinski definition) is 3. The lowest BCUT2D eigenvalue weighted by molar-refractivity contribution is 0.596. The van der Waals surface area contributed by atoms with Crippen LogP contribution >= 0.6 is 11.6 Å². The Morgan fingerprint density at radius 2 is 2.11 bits per heavy atom. The molecule has 0 spiro atoms. The minimum atomic E-state index is -3.77. The SMILES string of the molecule is NCc1cn[nH]c1S(=O)(=O)Nc1ccccc1Cl. The molecule has 1 aromatic carbocycles. The van der Waals surface area contributed by atoms with Crippen LogP contribution in [0.25, 0.3) is 0 Å². The Balaban J connectivity index is 2.37. The molecule has 0 aliphatic heterocycles. The summed E-state index contributed by atoms with van der Waals surface area (Å²) < 4.78 is 26.6. The number of para-hydroxylation sites is 1. The zero-order valence-corrected chi connectivity index (χ0v) is 10.8. The lowest BCUT2D eigenvalue weighted by atomic mass is 10.3. The van der Waals surface area contributed by atoms with Crippen molar-refractivity contribution in [3.05, 3.63) is 41.0 Å². The number of benzene rings is 1. The quantitative estimate of drug-likeness (QED) is 0.789. The van der Waals surface area contributed by atoms with E-state index in [0.717, 1.165) is 0 Å². The smallest absolute Gasteiger partial charge is 0.279 e. The molecule has 0 amide bonds. The highest BCUT2D eigenvalue weighted by Crippen LogP contribution is 2.24. The maximum absolute atomic E-state index is 12.1. The van der Waals surface area contributed by atoms with Gasteiger partial charge in [-0.05, 0) is 12.1 Å². The number of H-pyrrole nitrogens is 1. The zero-order chi connectivity index (χ0) is 13.2. The van der Waals surface area contributed by atoms with Crippen molar-refractivity contribution < 1.29 is 8.42 Å². The van der Waals surface area contributed by atoms with E-state index in [1.807, 2.05) is 0 Å². The molecule has 96 valence electrons. The molecule has 0 fully saturated rings. The van der Waals surface area contributed by atoms with Gasteiger partial charge in [0.1, 0.15) is 0 Å². The van der Waals surface area contributed by atoms with Crippen LogP contribution in [0, 0.1) is 0 Å². The Hall–Kier alpha value is -1.57. The molecule has 0 aliphatic carbocycles. The topological polar surface area (TPSA) is 101 Å². The summed E-state index contributed by atoms with van der Waals surface area (Å²) in [7, 11) is -3.77. The summed E-state index contributed by atoms with van der Waals surface area (Å²) in [5.74, 6) is 0. The van der Waals surface area contributed by atoms with Gasteiger partial charge in [0.25, 0.3) is 10.0 Å². The molecule has 4 N–H and O–H groups in total. The molecule has 0 unspecified atom stereocenters. The molecule has 0 radical (unpaired) electrons. The number of anilines is 1. The number of halogens is 1. The molecule has 1 aromatic heterocycles. The number of nitrogens with one attached hydrogen (secondary N) is 2. The highest BCUT2D eigenvalue weighted by atomic mass is 35.5. The first-order valence-corrected chi connectivity index (χ1v) is 6.90. The van der Waals surface area contributed by atoms with E-state index in [1.165, 1.54) is 6.20 Å². The average molecular weight is 287 g/mol. The van der Waals surface area contributed by atoms with Gasteiger partial charge in [0.15, 0.2) is 5.03 Å². The summed E-state index contributed by atoms with van der Waals surface area (Å²) >= 11 is 5.89. The van der Waals surface area contributed by atoms with E-state index in [2.05, 4.69) is 14.9 Å². The van der Waals surface area contributed by atoms with Gasteiger partial charge < -0.3 is 5.73 Å². The second-order valence-corrected chi connectivity index (χ2v) is 5.54. The Kier molecular flexibility index (Phi) is 3.55. The van der Waals surface area contributed by atoms with Crippen LogP contribution in [0.15, 0.2) is 35.5 Å². The van der Waals surface area contributed by atoms with Gasteiger partial charge in [0, 0.05) is 12.1 Å². The highest BCUT2D eigenvalue weighted by molar-refractivity contribution is 7.92. The van der Waals surface area contributed by atoms with Crippen LogP contribution in [0.1, 0.15) is 5.56 Å². The number of rotatable bonds is 4. The summed E-state index contributed by atoms with van der Waals surface area (Å²) in [6.45, 7) is 0.0786. The number of aromatic amines is 1. The fourth-order valence-corrected chi connectivity index (χ4v) is 2.88. The van der Waals surface area contributed by atoms with Crippen LogP contribution in [0.5, 0.6) is 0 Å². The van der Waals surface area contributed by atoms with E-state index >= 15 is 0 Å². The normalized spacial score (nSPS) is 11.4. The van der Waals surface area contributed by atoms with Crippen LogP contribution in [-0.4, -0.2) is 18.6 Å². The Morgan fingerprint density at radius 3 is 2.78 bits per heavy atom. The lowest BCUT2D eigenvalue weighted by Crippen LogP contribution is -2.16. The van der Waals surface area contributed by atoms with E-state index in [-0.39, 0.29) is 11.6 Å². The third-order valence-electron chi connectivity index (χ3n) is 2.28. The van der Waals surface area contributed by atoms with E-state index in [1.54, 1.807) is 24.3 Å². The standard InChI is InChI=1S/C10H11ClN4O2S/c11-8-3-1-2-4-9(8)15-18(16,17)10-7(5-12)6-13-14-10/h1-4,6,15H,5,12H2,(H,13,14). The van der Waals surface area contributed by atoms with Crippen LogP contribution in [0.4, 0.5) is 5.69 Å². The summed E-state index contributed by atoms with van der Waals surface area (Å²) in [6, 6.07) is 6.55. The maximum Gasteiger partial charge on any atom is 0.279 e. The van der Waals surface area contributed by atoms with Crippen LogP contribution < -0.4 is 10.5 Å². The third kappa shape index (κ3) is 2.47. The molecule has 8 heteroatoms. The van der Waals surface area contributed by atoms with Crippen molar-refractivity contribution in [2.24, 2.45) is 5.73 Å². The Bertz CT molecular complexity index is 653. The van der Waals surface area contributed by atoms with Gasteiger partial charge in [-0.1, -0.05) is 23.7 Å². The average Bonchev–Trinajstić information content (AvgIpc) is 2.81. The first kappa shape index (κ1) is 12.9. The molecule has 18 heavy (non-hydrogen) atoms. The van der Waals surface area contributed by atoms with Crippen molar-refractivity contribution >= 4 is 27.3 Å². The maximum atomic E-state index is 12.1. The minimum Gasteiger partial charge on any atom is -0.326 e. The molecule has 0 bridgehead atoms. The number of aromatic nitrogens is 2. The summed E-state index contributed by atoms with van der Waals surface area (Å²) in [5, 5.41) is 6.34. The van der Waals surface area contributed by atoms with Crippen molar-refractivity contribution in [1.82, 2.24) is 10.2 Å². The third-order valence-corrected chi connectivity index (χ3v) is 3.99. The first-order chi connectivity index (χ1) is 8.54. The second-order valence-electron chi connectivity index (χ2n) is 3.51. The molecule has 0 saturated heterocycles. The largest absolute Gasteiger partial charge is 0.326 e. The van der Waals surface area contributed by atoms with Gasteiger partial charge in [-0.25, -0.2) is 0 Å². The van der Waals surface area contributed by atoms with Crippen LogP contribution in [-0.2, 0) is 16.6 Å². The summed E-state index contributed by atoms with van der Waals surface area (Å²) in [5.41, 5.74) is 6.15. The van der Waals surface area contributed by atoms with Gasteiger partial charge in [0.05, 0.1) is 16.9 Å². The molecule has 2 rings (SSSR count). The van der Waals surface area contributed by atoms with Gasteiger partial charge in [-0.3, -0.25) is 9.82 Å². The molecule has 6 nitrogen and oxygen atoms in total. The van der Waals surface area contributed by atoms with Gasteiger partial charge in [-0.15, -0.1) is 0 Å². The van der Waals surface area contributed by atoms with Crippen molar-refractivity contribution in [2.75, 3.05) is 4.72 Å². The van der Waals surface area contributed by atoms with E-state index < -0.39 is 10.0 Å². The predicted molar refractivity (Wildman–Crippen MR) is 68.7 cm³/mol. The zero-order valence-electron chi connectivity index (χ0n) is 9.22. The number of hydrogen-bond acceptors (Lipinski definition) is 4. The number of nitrogens with two attached hydrogens (primary N) is 1. The van der Waals surface area contributed by atoms with Crippen molar-refractivity contribution in [3.8, 4) is 0 Å². The number of sulfonamides is 1. The lowest BCUT2D eigenvalue weighted by Gasteiger charge is -2.08. The Labute approximate surface area is 109 Å². The van der Waals surface area contributed by atoms with Crippen molar-refractivity contribution in [2.45, 2.75) is 11.6 Å². The minimum absolute atomic E-state index is 0.0510. The Morgan fingerprint density at radius 1 is 1.39 bits per heavy atom. The monoisotopic (exact) mass is 286 g/mol. The molecule has 0 atom stereocenters. The molecule has 1 heterocycles. The molecule has 0 saturated carbocycles. The summed E-state index contributed by atoms with van der Waals surface area (Å²) in [4.78, 5) is 0. The number of nitrogens with zero attached hydrogens (tertiary/aromatic N) is 1. The van der Waals surface area contributed by atoms with E-state index in [9.17, 15) is 8.42 Å². The van der Waals surface area contributed by atoms with Gasteiger partial charge >= 0.3 is 0 Å². The fourth-order valence-electron chi connectivity index (χ4n) is 1.42. The van der Waals surface area contributed by atoms with Crippen molar-refractivity contribution in [1.29, 1.82) is 0 Å². The van der Waals surface area contributed by atoms with Gasteiger partial charge in [0.2, 0.25) is 0 Å². The first-order valence-electron chi connectivity index (χ1n) is 5.04. The molecular weight excluding hydrogens is 276 g/mol. The molecule has 2 aromatic rings. The molecular formula is C10H11ClN4O2S. The van der Waals surface area contributed by atoms with Crippen LogP contribution in [0.3, 0.4) is 0 Å². The van der Waals surface area contributed by atoms with E-state index in [0.29, 0.717) is 16.3 Å². The van der Waals surface area contributed by atoms with E-state index in [4.69, 9.17) is 17.3 Å². The molecule has 0 aliphatic rings. The highest BCUT2D eigenvalue weighted by Gasteiger charge is 2.20. The van der Waals surface area contributed by atoms with Crippen molar-refractivity contribution in [3.63, 3.8) is 0 Å².